The van der Waals surface area contributed by atoms with Crippen molar-refractivity contribution in [3.63, 3.8) is 0 Å². The molecule has 0 saturated carbocycles. The number of nitrogens with zero attached hydrogens (tertiary/aromatic N) is 3. The lowest BCUT2D eigenvalue weighted by Gasteiger charge is -2.16. The van der Waals surface area contributed by atoms with E-state index in [0.29, 0.717) is 13.1 Å². The molecule has 1 saturated heterocycles. The highest BCUT2D eigenvalue weighted by Gasteiger charge is 2.37. The van der Waals surface area contributed by atoms with Crippen molar-refractivity contribution in [3.05, 3.63) is 29.6 Å². The van der Waals surface area contributed by atoms with Gasteiger partial charge in [0.15, 0.2) is 0 Å². The van der Waals surface area contributed by atoms with Gasteiger partial charge in [-0.25, -0.2) is 0 Å². The highest BCUT2D eigenvalue weighted by Crippen LogP contribution is 2.29. The number of aliphatic carboxylic acids is 1. The average Bonchev–Trinajstić information content (AvgIpc) is 2.97. The number of hydrogen-bond donors (Lipinski definition) is 1. The lowest BCUT2D eigenvalue weighted by molar-refractivity contribution is -0.142. The van der Waals surface area contributed by atoms with Crippen LogP contribution in [0.25, 0.3) is 0 Å². The van der Waals surface area contributed by atoms with Crippen LogP contribution in [0.3, 0.4) is 0 Å². The van der Waals surface area contributed by atoms with Gasteiger partial charge in [0, 0.05) is 30.9 Å². The van der Waals surface area contributed by atoms with Gasteiger partial charge in [-0.15, -0.1) is 6.58 Å². The average molecular weight is 305 g/mol. The van der Waals surface area contributed by atoms with E-state index in [9.17, 15) is 9.90 Å². The zero-order valence-corrected chi connectivity index (χ0v) is 13.9. The fourth-order valence-corrected chi connectivity index (χ4v) is 3.52. The van der Waals surface area contributed by atoms with Crippen LogP contribution in [0.5, 0.6) is 0 Å². The Morgan fingerprint density at radius 2 is 2.18 bits per heavy atom. The molecule has 2 rings (SSSR count). The molecule has 1 aromatic rings. The van der Waals surface area contributed by atoms with Crippen LogP contribution in [-0.2, 0) is 17.9 Å². The summed E-state index contributed by atoms with van der Waals surface area (Å²) in [6.07, 6.45) is 3.87. The monoisotopic (exact) mass is 305 g/mol. The minimum atomic E-state index is -0.656. The topological polar surface area (TPSA) is 58.4 Å². The molecule has 0 aromatic carbocycles. The van der Waals surface area contributed by atoms with Gasteiger partial charge in [0.05, 0.1) is 18.2 Å². The van der Waals surface area contributed by atoms with Gasteiger partial charge in [-0.2, -0.15) is 5.10 Å². The lowest BCUT2D eigenvalue weighted by Crippen LogP contribution is -2.23. The van der Waals surface area contributed by atoms with Gasteiger partial charge >= 0.3 is 5.97 Å². The van der Waals surface area contributed by atoms with Gasteiger partial charge in [0.2, 0.25) is 0 Å². The highest BCUT2D eigenvalue weighted by molar-refractivity contribution is 5.71. The van der Waals surface area contributed by atoms with E-state index < -0.39 is 5.97 Å². The molecule has 5 heteroatoms. The Bertz CT molecular complexity index is 550. The Morgan fingerprint density at radius 3 is 2.77 bits per heavy atom. The van der Waals surface area contributed by atoms with Crippen molar-refractivity contribution in [1.29, 1.82) is 0 Å². The summed E-state index contributed by atoms with van der Waals surface area (Å²) in [4.78, 5) is 13.7. The van der Waals surface area contributed by atoms with E-state index in [4.69, 9.17) is 0 Å². The molecule has 122 valence electrons. The van der Waals surface area contributed by atoms with E-state index in [-0.39, 0.29) is 11.8 Å². The summed E-state index contributed by atoms with van der Waals surface area (Å²) in [5.74, 6) is -0.619. The number of likely N-dealkylation sites (tertiary alicyclic amines) is 1. The van der Waals surface area contributed by atoms with Gasteiger partial charge in [-0.1, -0.05) is 19.4 Å². The molecule has 0 spiro atoms. The first-order chi connectivity index (χ1) is 10.5. The molecule has 0 amide bonds. The summed E-state index contributed by atoms with van der Waals surface area (Å²) in [6.45, 7) is 13.0. The maximum Gasteiger partial charge on any atom is 0.308 e. The van der Waals surface area contributed by atoms with E-state index >= 15 is 0 Å². The summed E-state index contributed by atoms with van der Waals surface area (Å²) in [6, 6.07) is 0. The Hall–Kier alpha value is -1.62. The van der Waals surface area contributed by atoms with Gasteiger partial charge in [-0.3, -0.25) is 14.4 Å². The summed E-state index contributed by atoms with van der Waals surface area (Å²) in [7, 11) is 0. The molecule has 0 radical (unpaired) electrons. The molecule has 2 heterocycles. The van der Waals surface area contributed by atoms with Gasteiger partial charge in [0.25, 0.3) is 0 Å². The van der Waals surface area contributed by atoms with Crippen LogP contribution in [0.4, 0.5) is 0 Å². The molecule has 5 nitrogen and oxygen atoms in total. The van der Waals surface area contributed by atoms with Crippen LogP contribution >= 0.6 is 0 Å². The number of aryl methyl sites for hydroxylation is 1. The first-order valence-corrected chi connectivity index (χ1v) is 8.06. The van der Waals surface area contributed by atoms with Gasteiger partial charge in [0.1, 0.15) is 0 Å². The Balaban J connectivity index is 2.11. The lowest BCUT2D eigenvalue weighted by atomic mass is 9.92. The first kappa shape index (κ1) is 16.7. The number of carboxylic acid groups (broad SMARTS) is 1. The Labute approximate surface area is 132 Å². The predicted molar refractivity (Wildman–Crippen MR) is 86.7 cm³/mol. The molecule has 1 fully saturated rings. The highest BCUT2D eigenvalue weighted by atomic mass is 16.4. The van der Waals surface area contributed by atoms with Crippen LogP contribution in [-0.4, -0.2) is 38.8 Å². The van der Waals surface area contributed by atoms with Crippen LogP contribution < -0.4 is 0 Å². The largest absolute Gasteiger partial charge is 0.481 e. The molecule has 0 aliphatic carbocycles. The molecule has 22 heavy (non-hydrogen) atoms. The number of carboxylic acids is 1. The van der Waals surface area contributed by atoms with E-state index in [1.54, 1.807) is 0 Å². The molecule has 0 bridgehead atoms. The van der Waals surface area contributed by atoms with Gasteiger partial charge in [-0.05, 0) is 26.2 Å². The quantitative estimate of drug-likeness (QED) is 0.787. The van der Waals surface area contributed by atoms with Crippen LogP contribution in [0.1, 0.15) is 36.7 Å². The second-order valence-electron chi connectivity index (χ2n) is 6.31. The normalized spacial score (nSPS) is 22.1. The van der Waals surface area contributed by atoms with Crippen molar-refractivity contribution >= 4 is 5.97 Å². The fraction of sp³-hybridized carbons (Fsp3) is 0.647. The molecule has 2 unspecified atom stereocenters. The number of rotatable bonds is 7. The zero-order chi connectivity index (χ0) is 16.3. The van der Waals surface area contributed by atoms with Crippen LogP contribution in [0, 0.1) is 25.7 Å². The zero-order valence-electron chi connectivity index (χ0n) is 13.9. The van der Waals surface area contributed by atoms with Crippen molar-refractivity contribution in [2.45, 2.75) is 46.7 Å². The Morgan fingerprint density at radius 1 is 1.45 bits per heavy atom. The number of hydrogen-bond acceptors (Lipinski definition) is 3. The predicted octanol–water partition coefficient (Wildman–Crippen LogP) is 2.62. The molecular weight excluding hydrogens is 278 g/mol. The third-order valence-electron chi connectivity index (χ3n) is 4.71. The number of allylic oxidation sites excluding steroid dienone is 1. The van der Waals surface area contributed by atoms with Crippen LogP contribution in [0.2, 0.25) is 0 Å². The molecule has 1 aromatic heterocycles. The number of carbonyl (C=O) groups is 1. The standard InChI is InChI=1S/C17H27N3O2/c1-5-7-14-9-19(11-16(14)17(21)22)10-15-12(3)18-20(8-6-2)13(15)4/h6,14,16H,2,5,7-11H2,1,3-4H3,(H,21,22). The third-order valence-corrected chi connectivity index (χ3v) is 4.71. The first-order valence-electron chi connectivity index (χ1n) is 8.06. The van der Waals surface area contributed by atoms with Crippen molar-refractivity contribution < 1.29 is 9.90 Å². The van der Waals surface area contributed by atoms with E-state index in [2.05, 4.69) is 30.4 Å². The second kappa shape index (κ2) is 7.09. The van der Waals surface area contributed by atoms with Gasteiger partial charge < -0.3 is 5.11 Å². The van der Waals surface area contributed by atoms with Crippen molar-refractivity contribution in [2.75, 3.05) is 13.1 Å². The SMILES string of the molecule is C=CCn1nc(C)c(CN2CC(CCC)C(C(=O)O)C2)c1C. The van der Waals surface area contributed by atoms with E-state index in [1.165, 1.54) is 5.56 Å². The second-order valence-corrected chi connectivity index (χ2v) is 6.31. The van der Waals surface area contributed by atoms with Crippen LogP contribution in [0.15, 0.2) is 12.7 Å². The molecule has 2 atom stereocenters. The summed E-state index contributed by atoms with van der Waals surface area (Å²) in [5.41, 5.74) is 3.41. The minimum Gasteiger partial charge on any atom is -0.481 e. The summed E-state index contributed by atoms with van der Waals surface area (Å²) in [5, 5.41) is 14.0. The third kappa shape index (κ3) is 3.40. The summed E-state index contributed by atoms with van der Waals surface area (Å²) < 4.78 is 1.96. The summed E-state index contributed by atoms with van der Waals surface area (Å²) >= 11 is 0. The van der Waals surface area contributed by atoms with E-state index in [1.807, 2.05) is 17.7 Å². The van der Waals surface area contributed by atoms with Crippen molar-refractivity contribution in [2.24, 2.45) is 11.8 Å². The molecule has 1 aliphatic rings. The van der Waals surface area contributed by atoms with Crippen molar-refractivity contribution in [1.82, 2.24) is 14.7 Å². The molecule has 1 aliphatic heterocycles. The maximum atomic E-state index is 11.5. The van der Waals surface area contributed by atoms with Crippen molar-refractivity contribution in [3.8, 4) is 0 Å². The maximum absolute atomic E-state index is 11.5. The molecular formula is C17H27N3O2. The minimum absolute atomic E-state index is 0.233. The van der Waals surface area contributed by atoms with E-state index in [0.717, 1.165) is 37.3 Å². The Kier molecular flexibility index (Phi) is 5.40. The molecule has 1 N–H and O–H groups in total. The fourth-order valence-electron chi connectivity index (χ4n) is 3.52. The smallest absolute Gasteiger partial charge is 0.308 e. The number of aromatic nitrogens is 2.